The molecule has 1 aromatic heterocycles. The van der Waals surface area contributed by atoms with Crippen LogP contribution in [0.4, 0.5) is 0 Å². The number of amides is 1. The molecule has 0 aliphatic carbocycles. The van der Waals surface area contributed by atoms with Crippen molar-refractivity contribution in [2.24, 2.45) is 0 Å². The summed E-state index contributed by atoms with van der Waals surface area (Å²) in [5.41, 5.74) is 4.18. The van der Waals surface area contributed by atoms with Gasteiger partial charge in [0.15, 0.2) is 0 Å². The molecule has 2 aromatic rings. The predicted molar refractivity (Wildman–Crippen MR) is 98.0 cm³/mol. The molecule has 4 rings (SSSR count). The lowest BCUT2D eigenvalue weighted by atomic mass is 9.69. The number of carbonyl (C=O) groups is 1. The van der Waals surface area contributed by atoms with E-state index in [4.69, 9.17) is 0 Å². The van der Waals surface area contributed by atoms with Gasteiger partial charge in [-0.1, -0.05) is 30.3 Å². The van der Waals surface area contributed by atoms with E-state index >= 15 is 0 Å². The van der Waals surface area contributed by atoms with E-state index in [-0.39, 0.29) is 11.3 Å². The summed E-state index contributed by atoms with van der Waals surface area (Å²) in [6, 6.07) is 12.9. The van der Waals surface area contributed by atoms with Gasteiger partial charge >= 0.3 is 0 Å². The van der Waals surface area contributed by atoms with Gasteiger partial charge in [0.2, 0.25) is 5.91 Å². The number of hydrogen-bond donors (Lipinski definition) is 0. The lowest BCUT2D eigenvalue weighted by molar-refractivity contribution is -0.131. The first-order valence-electron chi connectivity index (χ1n) is 9.11. The zero-order valence-corrected chi connectivity index (χ0v) is 14.8. The van der Waals surface area contributed by atoms with E-state index in [2.05, 4.69) is 40.2 Å². The number of pyridine rings is 1. The van der Waals surface area contributed by atoms with Crippen molar-refractivity contribution < 1.29 is 4.79 Å². The van der Waals surface area contributed by atoms with E-state index in [0.29, 0.717) is 0 Å². The van der Waals surface area contributed by atoms with Crippen LogP contribution in [0.3, 0.4) is 0 Å². The van der Waals surface area contributed by atoms with Crippen LogP contribution < -0.4 is 0 Å². The van der Waals surface area contributed by atoms with Crippen LogP contribution in [0, 0.1) is 0 Å². The summed E-state index contributed by atoms with van der Waals surface area (Å²) in [4.78, 5) is 20.8. The Labute approximate surface area is 149 Å². The molecule has 1 aromatic carbocycles. The number of likely N-dealkylation sites (tertiary alicyclic amines) is 1. The summed E-state index contributed by atoms with van der Waals surface area (Å²) in [5, 5.41) is 0. The number of piperidine rings is 1. The molecule has 0 atom stereocenters. The van der Waals surface area contributed by atoms with Crippen molar-refractivity contribution in [2.75, 3.05) is 19.6 Å². The molecule has 0 radical (unpaired) electrons. The molecule has 1 spiro atoms. The summed E-state index contributed by atoms with van der Waals surface area (Å²) in [6.07, 6.45) is 5.99. The molecule has 4 heteroatoms. The Hall–Kier alpha value is -2.20. The third kappa shape index (κ3) is 3.19. The van der Waals surface area contributed by atoms with Crippen molar-refractivity contribution in [3.8, 4) is 0 Å². The molecule has 0 bridgehead atoms. The number of rotatable bonds is 2. The average molecular weight is 335 g/mol. The second-order valence-corrected chi connectivity index (χ2v) is 7.45. The summed E-state index contributed by atoms with van der Waals surface area (Å²) >= 11 is 0. The van der Waals surface area contributed by atoms with E-state index in [1.54, 1.807) is 6.92 Å². The third-order valence-electron chi connectivity index (χ3n) is 5.83. The monoisotopic (exact) mass is 335 g/mol. The molecule has 1 amide bonds. The fraction of sp³-hybridized carbons (Fsp3) is 0.429. The highest BCUT2D eigenvalue weighted by atomic mass is 16.2. The highest BCUT2D eigenvalue weighted by Gasteiger charge is 2.42. The fourth-order valence-electron chi connectivity index (χ4n) is 4.43. The minimum absolute atomic E-state index is 0.117. The van der Waals surface area contributed by atoms with E-state index in [0.717, 1.165) is 45.6 Å². The molecule has 0 unspecified atom stereocenters. The number of benzene rings is 1. The number of nitrogens with zero attached hydrogens (tertiary/aromatic N) is 3. The second-order valence-electron chi connectivity index (χ2n) is 7.45. The van der Waals surface area contributed by atoms with Crippen LogP contribution in [0.1, 0.15) is 36.5 Å². The molecule has 25 heavy (non-hydrogen) atoms. The van der Waals surface area contributed by atoms with E-state index in [9.17, 15) is 4.79 Å². The van der Waals surface area contributed by atoms with Crippen LogP contribution >= 0.6 is 0 Å². The topological polar surface area (TPSA) is 36.4 Å². The van der Waals surface area contributed by atoms with E-state index < -0.39 is 0 Å². The number of hydrogen-bond acceptors (Lipinski definition) is 3. The summed E-state index contributed by atoms with van der Waals surface area (Å²) in [6.45, 7) is 6.40. The minimum atomic E-state index is 0.117. The van der Waals surface area contributed by atoms with Crippen LogP contribution in [0.2, 0.25) is 0 Å². The van der Waals surface area contributed by atoms with Crippen LogP contribution in [0.5, 0.6) is 0 Å². The molecule has 0 N–H and O–H groups in total. The van der Waals surface area contributed by atoms with Gasteiger partial charge in [-0.2, -0.15) is 0 Å². The molecule has 2 aliphatic rings. The van der Waals surface area contributed by atoms with Gasteiger partial charge < -0.3 is 4.90 Å². The quantitative estimate of drug-likeness (QED) is 0.846. The Balaban J connectivity index is 1.53. The van der Waals surface area contributed by atoms with Gasteiger partial charge in [0.05, 0.1) is 0 Å². The maximum absolute atomic E-state index is 12.0. The van der Waals surface area contributed by atoms with Crippen molar-refractivity contribution in [3.63, 3.8) is 0 Å². The second kappa shape index (κ2) is 6.60. The highest BCUT2D eigenvalue weighted by molar-refractivity contribution is 5.74. The van der Waals surface area contributed by atoms with Gasteiger partial charge in [0, 0.05) is 44.4 Å². The summed E-state index contributed by atoms with van der Waals surface area (Å²) < 4.78 is 0. The Kier molecular flexibility index (Phi) is 4.30. The Bertz CT molecular complexity index is 751. The van der Waals surface area contributed by atoms with Crippen molar-refractivity contribution in [2.45, 2.75) is 38.3 Å². The maximum Gasteiger partial charge on any atom is 0.219 e. The SMILES string of the molecule is CC(=O)N1Cc2ccccc2C2(CCN(Cc3cccnc3)CC2)C1. The standard InChI is InChI=1S/C21H25N3O/c1-17(25)24-15-19-6-2-3-7-20(19)21(16-24)8-11-23(12-9-21)14-18-5-4-10-22-13-18/h2-7,10,13H,8-9,11-12,14-16H2,1H3. The predicted octanol–water partition coefficient (Wildman–Crippen LogP) is 2.98. The molecular weight excluding hydrogens is 310 g/mol. The van der Waals surface area contributed by atoms with Gasteiger partial charge in [-0.05, 0) is 48.7 Å². The molecule has 130 valence electrons. The fourth-order valence-corrected chi connectivity index (χ4v) is 4.43. The Morgan fingerprint density at radius 3 is 2.68 bits per heavy atom. The lowest BCUT2D eigenvalue weighted by Gasteiger charge is -2.48. The molecule has 1 fully saturated rings. The molecular formula is C21H25N3O. The molecule has 2 aliphatic heterocycles. The van der Waals surface area contributed by atoms with Crippen molar-refractivity contribution in [1.82, 2.24) is 14.8 Å². The van der Waals surface area contributed by atoms with E-state index in [1.165, 1.54) is 16.7 Å². The van der Waals surface area contributed by atoms with Crippen LogP contribution in [0.15, 0.2) is 48.8 Å². The zero-order valence-electron chi connectivity index (χ0n) is 14.8. The molecule has 3 heterocycles. The number of fused-ring (bicyclic) bond motifs is 2. The van der Waals surface area contributed by atoms with Crippen molar-refractivity contribution >= 4 is 5.91 Å². The average Bonchev–Trinajstić information content (AvgIpc) is 2.64. The van der Waals surface area contributed by atoms with Gasteiger partial charge in [-0.25, -0.2) is 0 Å². The summed E-state index contributed by atoms with van der Waals surface area (Å²) in [7, 11) is 0. The highest BCUT2D eigenvalue weighted by Crippen LogP contribution is 2.41. The normalized spacial score (nSPS) is 19.6. The largest absolute Gasteiger partial charge is 0.338 e. The zero-order chi connectivity index (χ0) is 17.3. The first-order valence-corrected chi connectivity index (χ1v) is 9.11. The molecule has 4 nitrogen and oxygen atoms in total. The van der Waals surface area contributed by atoms with Crippen LogP contribution in [0.25, 0.3) is 0 Å². The van der Waals surface area contributed by atoms with Crippen molar-refractivity contribution in [1.29, 1.82) is 0 Å². The third-order valence-corrected chi connectivity index (χ3v) is 5.83. The Morgan fingerprint density at radius 1 is 1.16 bits per heavy atom. The van der Waals surface area contributed by atoms with Crippen LogP contribution in [-0.2, 0) is 23.3 Å². The first kappa shape index (κ1) is 16.3. The van der Waals surface area contributed by atoms with Crippen molar-refractivity contribution in [3.05, 3.63) is 65.5 Å². The van der Waals surface area contributed by atoms with Gasteiger partial charge in [0.25, 0.3) is 0 Å². The summed E-state index contributed by atoms with van der Waals surface area (Å²) in [5.74, 6) is 0.187. The Morgan fingerprint density at radius 2 is 1.96 bits per heavy atom. The number of aromatic nitrogens is 1. The van der Waals surface area contributed by atoms with E-state index in [1.807, 2.05) is 23.4 Å². The van der Waals surface area contributed by atoms with Gasteiger partial charge in [-0.15, -0.1) is 0 Å². The minimum Gasteiger partial charge on any atom is -0.338 e. The lowest BCUT2D eigenvalue weighted by Crippen LogP contribution is -2.52. The van der Waals surface area contributed by atoms with Gasteiger partial charge in [0.1, 0.15) is 0 Å². The molecule has 0 saturated carbocycles. The smallest absolute Gasteiger partial charge is 0.219 e. The van der Waals surface area contributed by atoms with Gasteiger partial charge in [-0.3, -0.25) is 14.7 Å². The maximum atomic E-state index is 12.0. The van der Waals surface area contributed by atoms with Crippen LogP contribution in [-0.4, -0.2) is 40.3 Å². The first-order chi connectivity index (χ1) is 12.2. The molecule has 1 saturated heterocycles. The number of carbonyl (C=O) groups excluding carboxylic acids is 1.